The number of aromatic nitrogens is 2. The Balaban J connectivity index is 2.07. The van der Waals surface area contributed by atoms with Gasteiger partial charge in [0.05, 0.1) is 0 Å². The Bertz CT molecular complexity index is 438. The quantitative estimate of drug-likeness (QED) is 0.866. The van der Waals surface area contributed by atoms with E-state index in [9.17, 15) is 0 Å². The van der Waals surface area contributed by atoms with Gasteiger partial charge in [0, 0.05) is 25.7 Å². The summed E-state index contributed by atoms with van der Waals surface area (Å²) in [5, 5.41) is 3.28. The number of nitrogens with one attached hydrogen (secondary N) is 1. The van der Waals surface area contributed by atoms with Gasteiger partial charge in [0.15, 0.2) is 0 Å². The number of rotatable bonds is 5. The predicted molar refractivity (Wildman–Crippen MR) is 85.1 cm³/mol. The molecule has 0 amide bonds. The van der Waals surface area contributed by atoms with Gasteiger partial charge in [0.2, 0.25) is 5.95 Å². The number of anilines is 3. The first-order valence-corrected chi connectivity index (χ1v) is 7.69. The van der Waals surface area contributed by atoms with Crippen LogP contribution in [0.15, 0.2) is 6.07 Å². The molecule has 5 heteroatoms. The van der Waals surface area contributed by atoms with E-state index in [1.54, 1.807) is 0 Å². The largest absolute Gasteiger partial charge is 0.370 e. The molecular formula is C15H27N5. The second kappa shape index (κ2) is 6.29. The first-order valence-electron chi connectivity index (χ1n) is 7.69. The average molecular weight is 277 g/mol. The molecule has 1 saturated heterocycles. The van der Waals surface area contributed by atoms with Crippen LogP contribution < -0.4 is 16.0 Å². The van der Waals surface area contributed by atoms with Crippen molar-refractivity contribution >= 4 is 17.6 Å². The van der Waals surface area contributed by atoms with Gasteiger partial charge in [0.1, 0.15) is 11.6 Å². The molecule has 2 rings (SSSR count). The van der Waals surface area contributed by atoms with Crippen LogP contribution >= 0.6 is 0 Å². The van der Waals surface area contributed by atoms with E-state index in [-0.39, 0.29) is 0 Å². The van der Waals surface area contributed by atoms with Crippen LogP contribution in [0.5, 0.6) is 0 Å². The minimum absolute atomic E-state index is 0.352. The van der Waals surface area contributed by atoms with Gasteiger partial charge >= 0.3 is 0 Å². The first-order chi connectivity index (χ1) is 9.56. The maximum Gasteiger partial charge on any atom is 0.223 e. The standard InChI is InChI=1S/C15H27N5/c1-4-8-17-12-11-13(19-14(16)18-12)20-9-6-15(3,5-2)7-10-20/h11H,4-10H2,1-3H3,(H3,16,17,18,19). The van der Waals surface area contributed by atoms with Crippen LogP contribution in [0.3, 0.4) is 0 Å². The van der Waals surface area contributed by atoms with E-state index in [0.29, 0.717) is 11.4 Å². The fourth-order valence-electron chi connectivity index (χ4n) is 2.59. The van der Waals surface area contributed by atoms with Crippen LogP contribution in [0.1, 0.15) is 46.5 Å². The summed E-state index contributed by atoms with van der Waals surface area (Å²) in [4.78, 5) is 11.0. The number of nitrogens with zero attached hydrogens (tertiary/aromatic N) is 3. The van der Waals surface area contributed by atoms with Gasteiger partial charge in [-0.25, -0.2) is 0 Å². The Kier molecular flexibility index (Phi) is 4.68. The Labute approximate surface area is 122 Å². The molecule has 1 aromatic rings. The highest BCUT2D eigenvalue weighted by atomic mass is 15.2. The smallest absolute Gasteiger partial charge is 0.223 e. The van der Waals surface area contributed by atoms with Crippen molar-refractivity contribution in [1.82, 2.24) is 9.97 Å². The lowest BCUT2D eigenvalue weighted by atomic mass is 9.78. The Morgan fingerprint density at radius 2 is 2.00 bits per heavy atom. The van der Waals surface area contributed by atoms with E-state index in [4.69, 9.17) is 5.73 Å². The normalized spacial score (nSPS) is 18.1. The SMILES string of the molecule is CCCNc1cc(N2CCC(C)(CC)CC2)nc(N)n1. The van der Waals surface area contributed by atoms with Crippen LogP contribution in [-0.2, 0) is 0 Å². The van der Waals surface area contributed by atoms with Crippen LogP contribution in [-0.4, -0.2) is 29.6 Å². The van der Waals surface area contributed by atoms with Gasteiger partial charge < -0.3 is 16.0 Å². The molecule has 1 aliphatic rings. The summed E-state index contributed by atoms with van der Waals surface area (Å²) in [6, 6.07) is 2.01. The Hall–Kier alpha value is -1.52. The summed E-state index contributed by atoms with van der Waals surface area (Å²) in [7, 11) is 0. The number of nitrogen functional groups attached to an aromatic ring is 1. The minimum Gasteiger partial charge on any atom is -0.370 e. The van der Waals surface area contributed by atoms with Gasteiger partial charge in [-0.15, -0.1) is 0 Å². The molecule has 1 aromatic heterocycles. The summed E-state index contributed by atoms with van der Waals surface area (Å²) in [5.41, 5.74) is 6.31. The van der Waals surface area contributed by atoms with Crippen molar-refractivity contribution in [3.05, 3.63) is 6.07 Å². The molecule has 0 unspecified atom stereocenters. The summed E-state index contributed by atoms with van der Waals surface area (Å²) in [6.45, 7) is 9.80. The predicted octanol–water partition coefficient (Wildman–Crippen LogP) is 2.90. The molecule has 5 nitrogen and oxygen atoms in total. The molecule has 3 N–H and O–H groups in total. The lowest BCUT2D eigenvalue weighted by Gasteiger charge is -2.39. The fraction of sp³-hybridized carbons (Fsp3) is 0.733. The molecule has 1 aliphatic heterocycles. The Morgan fingerprint density at radius 3 is 2.60 bits per heavy atom. The topological polar surface area (TPSA) is 67.1 Å². The number of hydrogen-bond acceptors (Lipinski definition) is 5. The van der Waals surface area contributed by atoms with Gasteiger partial charge in [-0.1, -0.05) is 27.2 Å². The molecule has 0 aliphatic carbocycles. The molecule has 0 spiro atoms. The molecule has 0 saturated carbocycles. The Morgan fingerprint density at radius 1 is 1.30 bits per heavy atom. The minimum atomic E-state index is 0.352. The molecule has 112 valence electrons. The van der Waals surface area contributed by atoms with Crippen molar-refractivity contribution in [3.8, 4) is 0 Å². The number of piperidine rings is 1. The van der Waals surface area contributed by atoms with E-state index in [2.05, 4.69) is 41.0 Å². The number of nitrogens with two attached hydrogens (primary N) is 1. The molecule has 0 radical (unpaired) electrons. The van der Waals surface area contributed by atoms with Gasteiger partial charge in [-0.3, -0.25) is 0 Å². The summed E-state index contributed by atoms with van der Waals surface area (Å²) >= 11 is 0. The maximum absolute atomic E-state index is 5.83. The van der Waals surface area contributed by atoms with Crippen molar-refractivity contribution in [2.24, 2.45) is 5.41 Å². The first kappa shape index (κ1) is 14.9. The molecule has 0 bridgehead atoms. The second-order valence-corrected chi connectivity index (χ2v) is 6.05. The zero-order valence-corrected chi connectivity index (χ0v) is 12.9. The van der Waals surface area contributed by atoms with E-state index in [0.717, 1.165) is 37.7 Å². The van der Waals surface area contributed by atoms with Crippen molar-refractivity contribution in [3.63, 3.8) is 0 Å². The highest BCUT2D eigenvalue weighted by molar-refractivity contribution is 5.52. The summed E-state index contributed by atoms with van der Waals surface area (Å²) in [6.07, 6.45) is 4.74. The third kappa shape index (κ3) is 3.52. The number of hydrogen-bond donors (Lipinski definition) is 2. The molecule has 0 aromatic carbocycles. The zero-order chi connectivity index (χ0) is 14.6. The van der Waals surface area contributed by atoms with Crippen molar-refractivity contribution in [1.29, 1.82) is 0 Å². The average Bonchev–Trinajstić information content (AvgIpc) is 2.45. The highest BCUT2D eigenvalue weighted by Gasteiger charge is 2.29. The summed E-state index contributed by atoms with van der Waals surface area (Å²) < 4.78 is 0. The van der Waals surface area contributed by atoms with Gasteiger partial charge in [-0.05, 0) is 24.7 Å². The van der Waals surface area contributed by atoms with Crippen LogP contribution in [0, 0.1) is 5.41 Å². The fourth-order valence-corrected chi connectivity index (χ4v) is 2.59. The van der Waals surface area contributed by atoms with E-state index < -0.39 is 0 Å². The maximum atomic E-state index is 5.83. The third-order valence-corrected chi connectivity index (χ3v) is 4.43. The van der Waals surface area contributed by atoms with E-state index in [1.165, 1.54) is 19.3 Å². The van der Waals surface area contributed by atoms with Crippen molar-refractivity contribution in [2.45, 2.75) is 46.5 Å². The van der Waals surface area contributed by atoms with Crippen LogP contribution in [0.25, 0.3) is 0 Å². The van der Waals surface area contributed by atoms with Gasteiger partial charge in [0.25, 0.3) is 0 Å². The van der Waals surface area contributed by atoms with E-state index in [1.807, 2.05) is 6.07 Å². The lowest BCUT2D eigenvalue weighted by molar-refractivity contribution is 0.238. The monoisotopic (exact) mass is 277 g/mol. The van der Waals surface area contributed by atoms with Gasteiger partial charge in [-0.2, -0.15) is 9.97 Å². The third-order valence-electron chi connectivity index (χ3n) is 4.43. The second-order valence-electron chi connectivity index (χ2n) is 6.05. The molecular weight excluding hydrogens is 250 g/mol. The van der Waals surface area contributed by atoms with Crippen molar-refractivity contribution < 1.29 is 0 Å². The highest BCUT2D eigenvalue weighted by Crippen LogP contribution is 2.35. The van der Waals surface area contributed by atoms with E-state index >= 15 is 0 Å². The molecule has 0 atom stereocenters. The van der Waals surface area contributed by atoms with Crippen LogP contribution in [0.4, 0.5) is 17.6 Å². The molecule has 2 heterocycles. The van der Waals surface area contributed by atoms with Crippen LogP contribution in [0.2, 0.25) is 0 Å². The zero-order valence-electron chi connectivity index (χ0n) is 12.9. The lowest BCUT2D eigenvalue weighted by Crippen LogP contribution is -2.39. The summed E-state index contributed by atoms with van der Waals surface area (Å²) in [5.74, 6) is 2.14. The molecule has 20 heavy (non-hydrogen) atoms. The molecule has 1 fully saturated rings. The van der Waals surface area contributed by atoms with Crippen molar-refractivity contribution in [2.75, 3.05) is 35.6 Å².